The summed E-state index contributed by atoms with van der Waals surface area (Å²) >= 11 is 0. The van der Waals surface area contributed by atoms with Crippen LogP contribution in [0.15, 0.2) is 48.5 Å². The average Bonchev–Trinajstić information content (AvgIpc) is 2.75. The van der Waals surface area contributed by atoms with Crippen LogP contribution in [0.2, 0.25) is 0 Å². The topological polar surface area (TPSA) is 128 Å². The van der Waals surface area contributed by atoms with Crippen molar-refractivity contribution >= 4 is 17.9 Å². The van der Waals surface area contributed by atoms with E-state index in [2.05, 4.69) is 10.6 Å². The third kappa shape index (κ3) is 9.00. The molecule has 0 aliphatic rings. The van der Waals surface area contributed by atoms with E-state index in [4.69, 9.17) is 4.74 Å². The van der Waals surface area contributed by atoms with Gasteiger partial charge in [0, 0.05) is 18.5 Å². The molecular weight excluding hydrogens is 474 g/mol. The number of aromatic hydroxyl groups is 2. The Morgan fingerprint density at radius 1 is 0.919 bits per heavy atom. The van der Waals surface area contributed by atoms with Crippen molar-refractivity contribution in [3.8, 4) is 11.5 Å². The van der Waals surface area contributed by atoms with Gasteiger partial charge in [-0.15, -0.1) is 0 Å². The van der Waals surface area contributed by atoms with Crippen LogP contribution in [0.25, 0.3) is 0 Å². The third-order valence-corrected chi connectivity index (χ3v) is 5.32. The first-order valence-corrected chi connectivity index (χ1v) is 12.4. The molecule has 3 amide bonds. The Morgan fingerprint density at radius 2 is 1.54 bits per heavy atom. The van der Waals surface area contributed by atoms with Crippen molar-refractivity contribution in [1.82, 2.24) is 15.5 Å². The molecule has 0 aliphatic carbocycles. The predicted molar refractivity (Wildman–Crippen MR) is 141 cm³/mol. The summed E-state index contributed by atoms with van der Waals surface area (Å²) in [5.74, 6) is -0.877. The Bertz CT molecular complexity index is 1080. The number of phenolic OH excluding ortho intramolecular Hbond substituents is 2. The molecule has 0 aliphatic heterocycles. The zero-order valence-electron chi connectivity index (χ0n) is 22.6. The van der Waals surface area contributed by atoms with Gasteiger partial charge in [-0.2, -0.15) is 0 Å². The standard InChI is InChI=1S/C28H39N3O6/c1-17(2)29-25(34)24(20-9-8-10-22(33)16-20)31(18(3)4)26(35)23(30-27(36)37-28(5,6)7)15-19-11-13-21(32)14-12-19/h8-14,16-18,23-24,32-33H,15H2,1-7H3,(H,29,34)(H,30,36). The van der Waals surface area contributed by atoms with Crippen LogP contribution in [0.3, 0.4) is 0 Å². The molecule has 202 valence electrons. The Morgan fingerprint density at radius 3 is 2.05 bits per heavy atom. The largest absolute Gasteiger partial charge is 0.508 e. The van der Waals surface area contributed by atoms with Gasteiger partial charge in [0.2, 0.25) is 11.8 Å². The second kappa shape index (κ2) is 12.5. The lowest BCUT2D eigenvalue weighted by atomic mass is 9.98. The summed E-state index contributed by atoms with van der Waals surface area (Å²) in [6.45, 7) is 12.4. The van der Waals surface area contributed by atoms with Crippen molar-refractivity contribution in [3.63, 3.8) is 0 Å². The lowest BCUT2D eigenvalue weighted by Crippen LogP contribution is -2.56. The molecule has 37 heavy (non-hydrogen) atoms. The molecule has 2 aromatic carbocycles. The highest BCUT2D eigenvalue weighted by molar-refractivity contribution is 5.92. The van der Waals surface area contributed by atoms with Crippen molar-refractivity contribution < 1.29 is 29.3 Å². The number of nitrogens with zero attached hydrogens (tertiary/aromatic N) is 1. The van der Waals surface area contributed by atoms with Crippen molar-refractivity contribution in [2.45, 2.75) is 84.7 Å². The first-order valence-electron chi connectivity index (χ1n) is 12.4. The second-order valence-electron chi connectivity index (χ2n) is 10.6. The van der Waals surface area contributed by atoms with E-state index in [1.54, 1.807) is 58.9 Å². The molecule has 0 saturated heterocycles. The van der Waals surface area contributed by atoms with E-state index in [0.717, 1.165) is 0 Å². The minimum absolute atomic E-state index is 0.0384. The summed E-state index contributed by atoms with van der Waals surface area (Å²) in [4.78, 5) is 41.7. The number of rotatable bonds is 9. The number of carbonyl (C=O) groups excluding carboxylic acids is 3. The van der Waals surface area contributed by atoms with Gasteiger partial charge in [0.1, 0.15) is 29.2 Å². The predicted octanol–water partition coefficient (Wildman–Crippen LogP) is 4.04. The number of ether oxygens (including phenoxy) is 1. The van der Waals surface area contributed by atoms with Crippen LogP contribution in [0, 0.1) is 0 Å². The molecule has 0 aromatic heterocycles. The lowest BCUT2D eigenvalue weighted by Gasteiger charge is -2.37. The Kier molecular flexibility index (Phi) is 9.94. The first kappa shape index (κ1) is 29.5. The van der Waals surface area contributed by atoms with E-state index in [1.807, 2.05) is 13.8 Å². The highest BCUT2D eigenvalue weighted by Crippen LogP contribution is 2.28. The van der Waals surface area contributed by atoms with Crippen LogP contribution in [0.5, 0.6) is 11.5 Å². The van der Waals surface area contributed by atoms with Gasteiger partial charge in [0.25, 0.3) is 0 Å². The zero-order valence-corrected chi connectivity index (χ0v) is 22.6. The van der Waals surface area contributed by atoms with Crippen LogP contribution >= 0.6 is 0 Å². The quantitative estimate of drug-likeness (QED) is 0.401. The number of nitrogens with one attached hydrogen (secondary N) is 2. The van der Waals surface area contributed by atoms with E-state index in [-0.39, 0.29) is 24.0 Å². The molecule has 0 radical (unpaired) electrons. The van der Waals surface area contributed by atoms with Crippen molar-refractivity contribution in [2.24, 2.45) is 0 Å². The summed E-state index contributed by atoms with van der Waals surface area (Å²) in [5.41, 5.74) is 0.340. The fourth-order valence-electron chi connectivity index (χ4n) is 3.87. The Hall–Kier alpha value is -3.75. The van der Waals surface area contributed by atoms with Crippen molar-refractivity contribution in [2.75, 3.05) is 0 Å². The molecule has 9 heteroatoms. The maximum absolute atomic E-state index is 14.1. The van der Waals surface area contributed by atoms with Gasteiger partial charge < -0.3 is 30.5 Å². The van der Waals surface area contributed by atoms with Gasteiger partial charge in [-0.3, -0.25) is 9.59 Å². The van der Waals surface area contributed by atoms with E-state index >= 15 is 0 Å². The van der Waals surface area contributed by atoms with Gasteiger partial charge in [-0.1, -0.05) is 24.3 Å². The molecule has 0 heterocycles. The number of carbonyl (C=O) groups is 3. The minimum atomic E-state index is -1.08. The molecular formula is C28H39N3O6. The Labute approximate surface area is 218 Å². The summed E-state index contributed by atoms with van der Waals surface area (Å²) < 4.78 is 5.40. The molecule has 2 aromatic rings. The van der Waals surface area contributed by atoms with Crippen LogP contribution < -0.4 is 10.6 Å². The normalized spacial score (nSPS) is 13.1. The summed E-state index contributed by atoms with van der Waals surface area (Å²) in [7, 11) is 0. The van der Waals surface area contributed by atoms with Gasteiger partial charge in [-0.25, -0.2) is 4.79 Å². The molecule has 0 saturated carbocycles. The minimum Gasteiger partial charge on any atom is -0.508 e. The average molecular weight is 514 g/mol. The van der Waals surface area contributed by atoms with Gasteiger partial charge >= 0.3 is 6.09 Å². The van der Waals surface area contributed by atoms with Crippen molar-refractivity contribution in [3.05, 3.63) is 59.7 Å². The monoisotopic (exact) mass is 513 g/mol. The first-order chi connectivity index (χ1) is 17.2. The van der Waals surface area contributed by atoms with E-state index < -0.39 is 41.6 Å². The molecule has 0 fully saturated rings. The summed E-state index contributed by atoms with van der Waals surface area (Å²) in [6.07, 6.45) is -0.672. The van der Waals surface area contributed by atoms with E-state index in [0.29, 0.717) is 11.1 Å². The van der Waals surface area contributed by atoms with Crippen LogP contribution in [0.1, 0.15) is 65.6 Å². The smallest absolute Gasteiger partial charge is 0.408 e. The summed E-state index contributed by atoms with van der Waals surface area (Å²) in [6, 6.07) is 9.74. The molecule has 2 atom stereocenters. The number of phenols is 2. The van der Waals surface area contributed by atoms with E-state index in [1.165, 1.54) is 29.2 Å². The zero-order chi connectivity index (χ0) is 27.9. The molecule has 0 bridgehead atoms. The third-order valence-electron chi connectivity index (χ3n) is 5.32. The highest BCUT2D eigenvalue weighted by Gasteiger charge is 2.38. The molecule has 4 N–H and O–H groups in total. The molecule has 0 spiro atoms. The number of benzene rings is 2. The van der Waals surface area contributed by atoms with E-state index in [9.17, 15) is 24.6 Å². The lowest BCUT2D eigenvalue weighted by molar-refractivity contribution is -0.144. The van der Waals surface area contributed by atoms with Gasteiger partial charge in [-0.05, 0) is 83.9 Å². The maximum atomic E-state index is 14.1. The van der Waals surface area contributed by atoms with Gasteiger partial charge in [0.15, 0.2) is 0 Å². The number of amides is 3. The van der Waals surface area contributed by atoms with Gasteiger partial charge in [0.05, 0.1) is 0 Å². The molecule has 2 rings (SSSR count). The molecule has 9 nitrogen and oxygen atoms in total. The Balaban J connectivity index is 2.54. The fraction of sp³-hybridized carbons (Fsp3) is 0.464. The van der Waals surface area contributed by atoms with Crippen LogP contribution in [-0.2, 0) is 20.7 Å². The maximum Gasteiger partial charge on any atom is 0.408 e. The van der Waals surface area contributed by atoms with Crippen LogP contribution in [0.4, 0.5) is 4.79 Å². The SMILES string of the molecule is CC(C)NC(=O)C(c1cccc(O)c1)N(C(=O)C(Cc1ccc(O)cc1)NC(=O)OC(C)(C)C)C(C)C. The van der Waals surface area contributed by atoms with Crippen molar-refractivity contribution in [1.29, 1.82) is 0 Å². The van der Waals surface area contributed by atoms with Crippen LogP contribution in [-0.4, -0.2) is 56.7 Å². The summed E-state index contributed by atoms with van der Waals surface area (Å²) in [5, 5.41) is 25.3. The molecule has 2 unspecified atom stereocenters. The highest BCUT2D eigenvalue weighted by atomic mass is 16.6. The number of alkyl carbamates (subject to hydrolysis) is 1. The number of hydrogen-bond donors (Lipinski definition) is 4. The fourth-order valence-corrected chi connectivity index (χ4v) is 3.87. The number of hydrogen-bond acceptors (Lipinski definition) is 6. The second-order valence-corrected chi connectivity index (χ2v) is 10.6.